The van der Waals surface area contributed by atoms with Crippen LogP contribution in [0.15, 0.2) is 0 Å². The van der Waals surface area contributed by atoms with Crippen LogP contribution in [-0.4, -0.2) is 31.2 Å². The maximum Gasteiger partial charge on any atom is 0.0878 e. The zero-order chi connectivity index (χ0) is 9.33. The molecular formula is C7H18ClNO2. The molecule has 0 rings (SSSR count). The fraction of sp³-hybridized carbons (Fsp3) is 1.00. The minimum Gasteiger partial charge on any atom is -0.544 e. The monoisotopic (exact) mass is 183 g/mol. The summed E-state index contributed by atoms with van der Waals surface area (Å²) in [6.45, 7) is 10.5. The first-order valence-corrected chi connectivity index (χ1v) is 4.44. The third-order valence-electron chi connectivity index (χ3n) is 2.29. The quantitative estimate of drug-likeness (QED) is 0.534. The van der Waals surface area contributed by atoms with Crippen molar-refractivity contribution in [2.45, 2.75) is 20.8 Å². The first kappa shape index (κ1) is 13.7. The van der Waals surface area contributed by atoms with E-state index in [1.807, 2.05) is 0 Å². The Bertz CT molecular complexity index is 68.6. The summed E-state index contributed by atoms with van der Waals surface area (Å²) in [5, 5.41) is 0. The van der Waals surface area contributed by atoms with E-state index < -0.39 is 11.3 Å². The van der Waals surface area contributed by atoms with E-state index in [-0.39, 0.29) is 0 Å². The van der Waals surface area contributed by atoms with E-state index in [0.717, 1.165) is 0 Å². The van der Waals surface area contributed by atoms with E-state index in [4.69, 9.17) is 9.32 Å². The third-order valence-corrected chi connectivity index (χ3v) is 2.29. The van der Waals surface area contributed by atoms with Gasteiger partial charge in [-0.3, -0.25) is 0 Å². The number of nitrogens with zero attached hydrogens (tertiary/aromatic N) is 1. The van der Waals surface area contributed by atoms with Crippen molar-refractivity contribution >= 4 is 0 Å². The van der Waals surface area contributed by atoms with Gasteiger partial charge in [-0.2, -0.15) is 0 Å². The van der Waals surface area contributed by atoms with E-state index in [1.54, 1.807) is 0 Å². The van der Waals surface area contributed by atoms with Crippen molar-refractivity contribution in [3.63, 3.8) is 0 Å². The van der Waals surface area contributed by atoms with Gasteiger partial charge in [0.2, 0.25) is 0 Å². The van der Waals surface area contributed by atoms with E-state index in [1.165, 1.54) is 24.1 Å². The standard InChI is InChI=1S/C7H18N.ClO2/c1-5-8(4,6-2)7-3;2-1-3/h5-7H2,1-4H3;/q+1;-1. The van der Waals surface area contributed by atoms with E-state index >= 15 is 0 Å². The van der Waals surface area contributed by atoms with E-state index in [9.17, 15) is 0 Å². The van der Waals surface area contributed by atoms with Crippen LogP contribution in [0, 0.1) is 11.3 Å². The summed E-state index contributed by atoms with van der Waals surface area (Å²) in [6, 6.07) is 0. The molecule has 0 atom stereocenters. The topological polar surface area (TPSA) is 46.1 Å². The second kappa shape index (κ2) is 8.27. The van der Waals surface area contributed by atoms with Gasteiger partial charge in [-0.15, -0.1) is 0 Å². The van der Waals surface area contributed by atoms with Crippen molar-refractivity contribution in [1.29, 1.82) is 0 Å². The van der Waals surface area contributed by atoms with E-state index in [2.05, 4.69) is 27.8 Å². The summed E-state index contributed by atoms with van der Waals surface area (Å²) < 4.78 is 17.7. The van der Waals surface area contributed by atoms with Crippen LogP contribution < -0.4 is 9.32 Å². The zero-order valence-electron chi connectivity index (χ0n) is 7.76. The summed E-state index contributed by atoms with van der Waals surface area (Å²) in [4.78, 5) is 0. The maximum absolute atomic E-state index is 8.24. The Morgan fingerprint density at radius 1 is 1.00 bits per heavy atom. The lowest BCUT2D eigenvalue weighted by Gasteiger charge is -2.30. The second-order valence-electron chi connectivity index (χ2n) is 2.63. The number of halogens is 1. The Kier molecular flexibility index (Phi) is 10.3. The van der Waals surface area contributed by atoms with Gasteiger partial charge in [0, 0.05) is 0 Å². The normalized spacial score (nSPS) is 10.4. The molecule has 0 spiro atoms. The summed E-state index contributed by atoms with van der Waals surface area (Å²) in [6.07, 6.45) is 0. The van der Waals surface area contributed by atoms with Gasteiger partial charge in [0.1, 0.15) is 0 Å². The number of hydrogen-bond donors (Lipinski definition) is 0. The predicted molar refractivity (Wildman–Crippen MR) is 37.8 cm³/mol. The fourth-order valence-electron chi connectivity index (χ4n) is 0.671. The van der Waals surface area contributed by atoms with Gasteiger partial charge in [0.15, 0.2) is 0 Å². The highest BCUT2D eigenvalue weighted by Gasteiger charge is 2.10. The largest absolute Gasteiger partial charge is 0.544 e. The van der Waals surface area contributed by atoms with Crippen LogP contribution in [0.4, 0.5) is 0 Å². The molecule has 0 amide bonds. The van der Waals surface area contributed by atoms with Crippen molar-refractivity contribution in [1.82, 2.24) is 0 Å². The molecule has 0 radical (unpaired) electrons. The van der Waals surface area contributed by atoms with Crippen LogP contribution in [0.1, 0.15) is 20.8 Å². The lowest BCUT2D eigenvalue weighted by atomic mass is 10.4. The van der Waals surface area contributed by atoms with Gasteiger partial charge in [-0.25, -0.2) is 0 Å². The molecule has 0 saturated carbocycles. The molecular weight excluding hydrogens is 166 g/mol. The average Bonchev–Trinajstić information content (AvgIpc) is 2.05. The molecule has 0 heterocycles. The Hall–Kier alpha value is 0.170. The van der Waals surface area contributed by atoms with Crippen molar-refractivity contribution in [2.24, 2.45) is 0 Å². The summed E-state index contributed by atoms with van der Waals surface area (Å²) in [5.41, 5.74) is 0. The van der Waals surface area contributed by atoms with Crippen LogP contribution >= 0.6 is 0 Å². The van der Waals surface area contributed by atoms with Gasteiger partial charge in [-0.1, -0.05) is 0 Å². The molecule has 0 unspecified atom stereocenters. The molecule has 4 heteroatoms. The Morgan fingerprint density at radius 2 is 1.18 bits per heavy atom. The molecule has 3 nitrogen and oxygen atoms in total. The van der Waals surface area contributed by atoms with Gasteiger partial charge >= 0.3 is 0 Å². The second-order valence-corrected chi connectivity index (χ2v) is 2.76. The van der Waals surface area contributed by atoms with Gasteiger partial charge in [-0.05, 0) is 20.8 Å². The fourth-order valence-corrected chi connectivity index (χ4v) is 0.671. The smallest absolute Gasteiger partial charge is 0.0878 e. The molecule has 0 aromatic rings. The maximum atomic E-state index is 8.24. The SMILES string of the molecule is CC[N+](C)(CC)CC.[O-][Cl+][O-]. The van der Waals surface area contributed by atoms with Gasteiger partial charge < -0.3 is 13.8 Å². The first-order chi connectivity index (χ1) is 5.10. The highest BCUT2D eigenvalue weighted by Crippen LogP contribution is 1.97. The molecule has 0 aromatic carbocycles. The summed E-state index contributed by atoms with van der Waals surface area (Å²) >= 11 is -0.417. The van der Waals surface area contributed by atoms with Crippen molar-refractivity contribution in [2.75, 3.05) is 26.7 Å². The van der Waals surface area contributed by atoms with E-state index in [0.29, 0.717) is 0 Å². The highest BCUT2D eigenvalue weighted by molar-refractivity contribution is 4.24. The Labute approximate surface area is 73.3 Å². The Morgan fingerprint density at radius 3 is 1.18 bits per heavy atom. The molecule has 0 aliphatic heterocycles. The molecule has 0 aromatic heterocycles. The zero-order valence-corrected chi connectivity index (χ0v) is 8.52. The highest BCUT2D eigenvalue weighted by atomic mass is 35.6. The van der Waals surface area contributed by atoms with Crippen LogP contribution in [0.2, 0.25) is 0 Å². The number of quaternary nitrogens is 1. The lowest BCUT2D eigenvalue weighted by molar-refractivity contribution is -1.41. The average molecular weight is 184 g/mol. The molecule has 11 heavy (non-hydrogen) atoms. The summed E-state index contributed by atoms with van der Waals surface area (Å²) in [7, 11) is 2.29. The summed E-state index contributed by atoms with van der Waals surface area (Å²) in [5.74, 6) is 0. The molecule has 0 N–H and O–H groups in total. The van der Waals surface area contributed by atoms with Crippen molar-refractivity contribution in [3.8, 4) is 0 Å². The molecule has 0 aliphatic carbocycles. The van der Waals surface area contributed by atoms with Gasteiger partial charge in [0.05, 0.1) is 38.0 Å². The molecule has 0 aliphatic rings. The van der Waals surface area contributed by atoms with Crippen molar-refractivity contribution < 1.29 is 25.1 Å². The minimum atomic E-state index is -0.417. The molecule has 0 bridgehead atoms. The van der Waals surface area contributed by atoms with Gasteiger partial charge in [0.25, 0.3) is 0 Å². The first-order valence-electron chi connectivity index (χ1n) is 3.83. The third kappa shape index (κ3) is 8.07. The minimum absolute atomic E-state index is 0.417. The number of hydrogen-bond acceptors (Lipinski definition) is 2. The lowest BCUT2D eigenvalue weighted by Crippen LogP contribution is -2.42. The van der Waals surface area contributed by atoms with Crippen LogP contribution in [0.25, 0.3) is 0 Å². The molecule has 0 saturated heterocycles. The van der Waals surface area contributed by atoms with Crippen LogP contribution in [0.5, 0.6) is 0 Å². The molecule has 70 valence electrons. The van der Waals surface area contributed by atoms with Crippen LogP contribution in [0.3, 0.4) is 0 Å². The number of rotatable bonds is 3. The predicted octanol–water partition coefficient (Wildman–Crippen LogP) is -0.885. The molecule has 0 fully saturated rings. The van der Waals surface area contributed by atoms with Crippen molar-refractivity contribution in [3.05, 3.63) is 0 Å². The Balaban J connectivity index is 0. The van der Waals surface area contributed by atoms with Crippen LogP contribution in [-0.2, 0) is 0 Å².